The van der Waals surface area contributed by atoms with E-state index in [0.717, 1.165) is 51.6 Å². The van der Waals surface area contributed by atoms with Gasteiger partial charge in [-0.1, -0.05) is 17.7 Å². The number of ether oxygens (including phenoxy) is 1. The first-order valence-electron chi connectivity index (χ1n) is 8.67. The Labute approximate surface area is 148 Å². The number of likely N-dealkylation sites (tertiary alicyclic amines) is 1. The van der Waals surface area contributed by atoms with Gasteiger partial charge in [0.05, 0.1) is 6.61 Å². The summed E-state index contributed by atoms with van der Waals surface area (Å²) in [5, 5.41) is 3.83. The van der Waals surface area contributed by atoms with Crippen LogP contribution in [0.2, 0.25) is 5.02 Å². The van der Waals surface area contributed by atoms with E-state index < -0.39 is 0 Å². The van der Waals surface area contributed by atoms with E-state index in [4.69, 9.17) is 21.3 Å². The largest absolute Gasteiger partial charge is 0.381 e. The molecule has 0 saturated carbocycles. The Bertz CT molecular complexity index is 582. The molecule has 0 amide bonds. The van der Waals surface area contributed by atoms with E-state index in [-0.39, 0.29) is 5.82 Å². The SMILES string of the molecule is CCNC(=NCCc1c(F)cccc1Cl)N1CCC2(CCOC2)C1. The van der Waals surface area contributed by atoms with Crippen molar-refractivity contribution in [3.8, 4) is 0 Å². The smallest absolute Gasteiger partial charge is 0.193 e. The summed E-state index contributed by atoms with van der Waals surface area (Å²) in [4.78, 5) is 7.00. The lowest BCUT2D eigenvalue weighted by atomic mass is 9.87. The van der Waals surface area contributed by atoms with E-state index in [0.29, 0.717) is 29.0 Å². The van der Waals surface area contributed by atoms with Gasteiger partial charge >= 0.3 is 0 Å². The Morgan fingerprint density at radius 2 is 2.33 bits per heavy atom. The number of halogens is 2. The van der Waals surface area contributed by atoms with Gasteiger partial charge in [-0.2, -0.15) is 0 Å². The lowest BCUT2D eigenvalue weighted by Crippen LogP contribution is -2.41. The minimum absolute atomic E-state index is 0.258. The fourth-order valence-corrected chi connectivity index (χ4v) is 3.82. The van der Waals surface area contributed by atoms with E-state index in [1.165, 1.54) is 6.07 Å². The summed E-state index contributed by atoms with van der Waals surface area (Å²) in [7, 11) is 0. The van der Waals surface area contributed by atoms with Crippen molar-refractivity contribution in [1.29, 1.82) is 0 Å². The van der Waals surface area contributed by atoms with Crippen molar-refractivity contribution in [2.24, 2.45) is 10.4 Å². The number of hydrogen-bond donors (Lipinski definition) is 1. The Kier molecular flexibility index (Phi) is 5.61. The maximum absolute atomic E-state index is 13.9. The van der Waals surface area contributed by atoms with Crippen molar-refractivity contribution in [2.75, 3.05) is 39.4 Å². The highest BCUT2D eigenvalue weighted by Gasteiger charge is 2.42. The summed E-state index contributed by atoms with van der Waals surface area (Å²) in [6.07, 6.45) is 2.78. The van der Waals surface area contributed by atoms with Crippen LogP contribution in [0.1, 0.15) is 25.3 Å². The van der Waals surface area contributed by atoms with Gasteiger partial charge in [0.2, 0.25) is 0 Å². The zero-order valence-electron chi connectivity index (χ0n) is 14.2. The average molecular weight is 354 g/mol. The van der Waals surface area contributed by atoms with Gasteiger partial charge in [0.25, 0.3) is 0 Å². The van der Waals surface area contributed by atoms with Crippen molar-refractivity contribution >= 4 is 17.6 Å². The van der Waals surface area contributed by atoms with E-state index in [2.05, 4.69) is 17.1 Å². The zero-order chi connectivity index (χ0) is 17.0. The second-order valence-corrected chi connectivity index (χ2v) is 7.07. The molecule has 1 N–H and O–H groups in total. The van der Waals surface area contributed by atoms with E-state index >= 15 is 0 Å². The Balaban J connectivity index is 1.64. The minimum Gasteiger partial charge on any atom is -0.381 e. The van der Waals surface area contributed by atoms with Crippen LogP contribution >= 0.6 is 11.6 Å². The van der Waals surface area contributed by atoms with Crippen LogP contribution in [0.4, 0.5) is 4.39 Å². The van der Waals surface area contributed by atoms with Crippen molar-refractivity contribution in [2.45, 2.75) is 26.2 Å². The molecule has 1 spiro atoms. The van der Waals surface area contributed by atoms with Crippen molar-refractivity contribution < 1.29 is 9.13 Å². The first kappa shape index (κ1) is 17.5. The van der Waals surface area contributed by atoms with Gasteiger partial charge in [0.1, 0.15) is 5.82 Å². The molecule has 0 radical (unpaired) electrons. The van der Waals surface area contributed by atoms with Gasteiger partial charge < -0.3 is 15.0 Å². The summed E-state index contributed by atoms with van der Waals surface area (Å²) >= 11 is 6.09. The van der Waals surface area contributed by atoms with Crippen LogP contribution in [0, 0.1) is 11.2 Å². The predicted molar refractivity (Wildman–Crippen MR) is 95.2 cm³/mol. The van der Waals surface area contributed by atoms with Gasteiger partial charge in [-0.3, -0.25) is 4.99 Å². The molecular formula is C18H25ClFN3O. The molecule has 3 rings (SSSR count). The van der Waals surface area contributed by atoms with Crippen LogP contribution in [-0.4, -0.2) is 50.3 Å². The summed E-state index contributed by atoms with van der Waals surface area (Å²) in [5.74, 6) is 0.652. The second-order valence-electron chi connectivity index (χ2n) is 6.66. The summed E-state index contributed by atoms with van der Waals surface area (Å²) in [6.45, 7) is 7.10. The van der Waals surface area contributed by atoms with E-state index in [9.17, 15) is 4.39 Å². The lowest BCUT2D eigenvalue weighted by Gasteiger charge is -2.25. The maximum atomic E-state index is 13.9. The minimum atomic E-state index is -0.258. The molecule has 132 valence electrons. The third-order valence-electron chi connectivity index (χ3n) is 4.94. The molecule has 4 nitrogen and oxygen atoms in total. The third kappa shape index (κ3) is 3.83. The first-order chi connectivity index (χ1) is 11.6. The first-order valence-corrected chi connectivity index (χ1v) is 9.05. The van der Waals surface area contributed by atoms with Gasteiger partial charge in [-0.05, 0) is 38.3 Å². The fraction of sp³-hybridized carbons (Fsp3) is 0.611. The highest BCUT2D eigenvalue weighted by molar-refractivity contribution is 6.31. The molecule has 2 saturated heterocycles. The van der Waals surface area contributed by atoms with Gasteiger partial charge in [0, 0.05) is 48.8 Å². The molecule has 0 aliphatic carbocycles. The van der Waals surface area contributed by atoms with Crippen LogP contribution in [-0.2, 0) is 11.2 Å². The number of aliphatic imine (C=N–C) groups is 1. The molecule has 1 unspecified atom stereocenters. The van der Waals surface area contributed by atoms with Crippen LogP contribution < -0.4 is 5.32 Å². The molecule has 2 aliphatic rings. The van der Waals surface area contributed by atoms with Crippen molar-refractivity contribution in [1.82, 2.24) is 10.2 Å². The lowest BCUT2D eigenvalue weighted by molar-refractivity contribution is 0.156. The molecule has 2 heterocycles. The number of nitrogens with zero attached hydrogens (tertiary/aromatic N) is 2. The molecule has 0 aromatic heterocycles. The molecular weight excluding hydrogens is 329 g/mol. The molecule has 6 heteroatoms. The van der Waals surface area contributed by atoms with Crippen molar-refractivity contribution in [3.63, 3.8) is 0 Å². The summed E-state index contributed by atoms with van der Waals surface area (Å²) in [5.41, 5.74) is 0.839. The zero-order valence-corrected chi connectivity index (χ0v) is 14.9. The third-order valence-corrected chi connectivity index (χ3v) is 5.30. The number of rotatable bonds is 4. The summed E-state index contributed by atoms with van der Waals surface area (Å²) in [6, 6.07) is 4.79. The fourth-order valence-electron chi connectivity index (χ4n) is 3.56. The van der Waals surface area contributed by atoms with Crippen LogP contribution in [0.5, 0.6) is 0 Å². The highest BCUT2D eigenvalue weighted by atomic mass is 35.5. The Morgan fingerprint density at radius 3 is 3.04 bits per heavy atom. The molecule has 24 heavy (non-hydrogen) atoms. The van der Waals surface area contributed by atoms with Gasteiger partial charge in [-0.25, -0.2) is 4.39 Å². The van der Waals surface area contributed by atoms with Crippen molar-refractivity contribution in [3.05, 3.63) is 34.6 Å². The van der Waals surface area contributed by atoms with Crippen LogP contribution in [0.25, 0.3) is 0 Å². The number of guanidine groups is 1. The Hall–Kier alpha value is -1.33. The number of hydrogen-bond acceptors (Lipinski definition) is 2. The maximum Gasteiger partial charge on any atom is 0.193 e. The van der Waals surface area contributed by atoms with Crippen LogP contribution in [0.15, 0.2) is 23.2 Å². The summed E-state index contributed by atoms with van der Waals surface area (Å²) < 4.78 is 19.4. The molecule has 1 atom stereocenters. The number of benzene rings is 1. The monoisotopic (exact) mass is 353 g/mol. The average Bonchev–Trinajstić information content (AvgIpc) is 3.20. The quantitative estimate of drug-likeness (QED) is 0.667. The second kappa shape index (κ2) is 7.70. The van der Waals surface area contributed by atoms with Gasteiger partial charge in [0.15, 0.2) is 5.96 Å². The standard InChI is InChI=1S/C18H25ClFN3O/c1-2-21-17(23-10-7-18(12-23)8-11-24-13-18)22-9-6-14-15(19)4-3-5-16(14)20/h3-5H,2,6-13H2,1H3,(H,21,22). The molecule has 2 fully saturated rings. The van der Waals surface area contributed by atoms with E-state index in [1.807, 2.05) is 0 Å². The van der Waals surface area contributed by atoms with Crippen LogP contribution in [0.3, 0.4) is 0 Å². The highest BCUT2D eigenvalue weighted by Crippen LogP contribution is 2.38. The molecule has 1 aromatic carbocycles. The molecule has 0 bridgehead atoms. The molecule has 2 aliphatic heterocycles. The van der Waals surface area contributed by atoms with Gasteiger partial charge in [-0.15, -0.1) is 0 Å². The number of nitrogens with one attached hydrogen (secondary N) is 1. The molecule has 1 aromatic rings. The Morgan fingerprint density at radius 1 is 1.46 bits per heavy atom. The van der Waals surface area contributed by atoms with E-state index in [1.54, 1.807) is 12.1 Å². The normalized spacial score (nSPS) is 24.1. The topological polar surface area (TPSA) is 36.9 Å². The predicted octanol–water partition coefficient (Wildman–Crippen LogP) is 3.10.